The van der Waals surface area contributed by atoms with E-state index in [1.165, 1.54) is 0 Å². The number of carbonyl (C=O) groups excluding carboxylic acids is 1. The molecule has 0 saturated carbocycles. The molecule has 2 rings (SSSR count). The fourth-order valence-electron chi connectivity index (χ4n) is 1.84. The Kier molecular flexibility index (Phi) is 3.12. The zero-order valence-corrected chi connectivity index (χ0v) is 9.69. The third-order valence-corrected chi connectivity index (χ3v) is 2.89. The topological polar surface area (TPSA) is 62.1 Å². The molecule has 1 atom stereocenters. The first-order valence-electron chi connectivity index (χ1n) is 5.53. The predicted octanol–water partition coefficient (Wildman–Crippen LogP) is 1.47. The van der Waals surface area contributed by atoms with Gasteiger partial charge < -0.3 is 10.1 Å². The maximum Gasteiger partial charge on any atom is 0.251 e. The molecule has 0 bridgehead atoms. The van der Waals surface area contributed by atoms with Crippen molar-refractivity contribution in [3.8, 4) is 6.07 Å². The van der Waals surface area contributed by atoms with Crippen LogP contribution in [0.15, 0.2) is 24.3 Å². The van der Waals surface area contributed by atoms with E-state index in [0.717, 1.165) is 6.42 Å². The quantitative estimate of drug-likeness (QED) is 0.836. The van der Waals surface area contributed by atoms with Crippen molar-refractivity contribution >= 4 is 5.91 Å². The van der Waals surface area contributed by atoms with Crippen molar-refractivity contribution in [2.75, 3.05) is 13.2 Å². The zero-order chi connectivity index (χ0) is 12.3. The summed E-state index contributed by atoms with van der Waals surface area (Å²) in [5.74, 6) is -0.157. The van der Waals surface area contributed by atoms with Crippen molar-refractivity contribution in [2.24, 2.45) is 0 Å². The second kappa shape index (κ2) is 4.56. The van der Waals surface area contributed by atoms with E-state index < -0.39 is 0 Å². The van der Waals surface area contributed by atoms with Crippen molar-refractivity contribution in [2.45, 2.75) is 18.9 Å². The van der Waals surface area contributed by atoms with Crippen molar-refractivity contribution in [3.05, 3.63) is 35.4 Å². The van der Waals surface area contributed by atoms with E-state index in [4.69, 9.17) is 10.00 Å². The molecule has 4 heteroatoms. The third kappa shape index (κ3) is 2.63. The molecular formula is C13H14N2O2. The number of carbonyl (C=O) groups is 1. The highest BCUT2D eigenvalue weighted by Crippen LogP contribution is 2.18. The Bertz CT molecular complexity index is 471. The number of ether oxygens (including phenoxy) is 1. The van der Waals surface area contributed by atoms with Gasteiger partial charge in [-0.25, -0.2) is 0 Å². The standard InChI is InChI=1S/C13H14N2O2/c1-13(5-6-17-9-13)15-12(16)11-4-2-3-10(7-11)8-14/h2-4,7H,5-6,9H2,1H3,(H,15,16). The number of hydrogen-bond donors (Lipinski definition) is 1. The number of benzene rings is 1. The van der Waals surface area contributed by atoms with Gasteiger partial charge in [0.1, 0.15) is 0 Å². The van der Waals surface area contributed by atoms with Crippen LogP contribution in [0.1, 0.15) is 29.3 Å². The van der Waals surface area contributed by atoms with Gasteiger partial charge >= 0.3 is 0 Å². The molecule has 1 unspecified atom stereocenters. The fourth-order valence-corrected chi connectivity index (χ4v) is 1.84. The summed E-state index contributed by atoms with van der Waals surface area (Å²) in [6.07, 6.45) is 0.816. The Balaban J connectivity index is 2.12. The summed E-state index contributed by atoms with van der Waals surface area (Å²) >= 11 is 0. The zero-order valence-electron chi connectivity index (χ0n) is 9.69. The van der Waals surface area contributed by atoms with Gasteiger partial charge in [-0.1, -0.05) is 6.07 Å². The second-order valence-corrected chi connectivity index (χ2v) is 4.51. The molecule has 0 spiro atoms. The molecule has 4 nitrogen and oxygen atoms in total. The maximum absolute atomic E-state index is 12.0. The van der Waals surface area contributed by atoms with Gasteiger partial charge in [0.25, 0.3) is 5.91 Å². The highest BCUT2D eigenvalue weighted by molar-refractivity contribution is 5.95. The molecule has 1 aliphatic heterocycles. The minimum Gasteiger partial charge on any atom is -0.379 e. The number of nitriles is 1. The molecule has 1 saturated heterocycles. The van der Waals surface area contributed by atoms with E-state index in [2.05, 4.69) is 5.32 Å². The van der Waals surface area contributed by atoms with E-state index in [-0.39, 0.29) is 11.4 Å². The highest BCUT2D eigenvalue weighted by atomic mass is 16.5. The summed E-state index contributed by atoms with van der Waals surface area (Å²) in [4.78, 5) is 12.0. The smallest absolute Gasteiger partial charge is 0.251 e. The molecule has 17 heavy (non-hydrogen) atoms. The van der Waals surface area contributed by atoms with Crippen LogP contribution in [0.4, 0.5) is 0 Å². The predicted molar refractivity (Wildman–Crippen MR) is 62.5 cm³/mol. The summed E-state index contributed by atoms with van der Waals surface area (Å²) in [6.45, 7) is 3.18. The molecule has 88 valence electrons. The third-order valence-electron chi connectivity index (χ3n) is 2.89. The number of hydrogen-bond acceptors (Lipinski definition) is 3. The lowest BCUT2D eigenvalue weighted by Gasteiger charge is -2.23. The van der Waals surface area contributed by atoms with Crippen LogP contribution in [0.3, 0.4) is 0 Å². The molecule has 1 heterocycles. The van der Waals surface area contributed by atoms with E-state index >= 15 is 0 Å². The van der Waals surface area contributed by atoms with Crippen LogP contribution in [-0.4, -0.2) is 24.7 Å². The Morgan fingerprint density at radius 3 is 3.06 bits per heavy atom. The molecular weight excluding hydrogens is 216 g/mol. The number of rotatable bonds is 2. The second-order valence-electron chi connectivity index (χ2n) is 4.51. The maximum atomic E-state index is 12.0. The van der Waals surface area contributed by atoms with Crippen molar-refractivity contribution in [1.82, 2.24) is 5.32 Å². The molecule has 1 aliphatic rings. The van der Waals surface area contributed by atoms with E-state index in [0.29, 0.717) is 24.3 Å². The van der Waals surface area contributed by atoms with Crippen LogP contribution in [-0.2, 0) is 4.74 Å². The summed E-state index contributed by atoms with van der Waals surface area (Å²) in [6, 6.07) is 8.70. The lowest BCUT2D eigenvalue weighted by atomic mass is 10.0. The molecule has 1 N–H and O–H groups in total. The highest BCUT2D eigenvalue weighted by Gasteiger charge is 2.31. The number of nitrogens with zero attached hydrogens (tertiary/aromatic N) is 1. The van der Waals surface area contributed by atoms with Crippen LogP contribution in [0.5, 0.6) is 0 Å². The number of amides is 1. The van der Waals surface area contributed by atoms with Crippen LogP contribution < -0.4 is 5.32 Å². The van der Waals surface area contributed by atoms with Gasteiger partial charge in [-0.05, 0) is 31.5 Å². The average Bonchev–Trinajstić information content (AvgIpc) is 2.76. The van der Waals surface area contributed by atoms with E-state index in [1.807, 2.05) is 13.0 Å². The van der Waals surface area contributed by atoms with Crippen molar-refractivity contribution < 1.29 is 9.53 Å². The number of nitrogens with one attached hydrogen (secondary N) is 1. The monoisotopic (exact) mass is 230 g/mol. The van der Waals surface area contributed by atoms with E-state index in [9.17, 15) is 4.79 Å². The van der Waals surface area contributed by atoms with Crippen LogP contribution in [0.25, 0.3) is 0 Å². The van der Waals surface area contributed by atoms with Crippen LogP contribution in [0, 0.1) is 11.3 Å². The molecule has 0 radical (unpaired) electrons. The Hall–Kier alpha value is -1.86. The summed E-state index contributed by atoms with van der Waals surface area (Å²) in [5.41, 5.74) is 0.711. The lowest BCUT2D eigenvalue weighted by Crippen LogP contribution is -2.46. The largest absolute Gasteiger partial charge is 0.379 e. The van der Waals surface area contributed by atoms with Gasteiger partial charge in [0.05, 0.1) is 23.8 Å². The van der Waals surface area contributed by atoms with Gasteiger partial charge in [-0.15, -0.1) is 0 Å². The van der Waals surface area contributed by atoms with Crippen LogP contribution in [0.2, 0.25) is 0 Å². The molecule has 1 aromatic carbocycles. The van der Waals surface area contributed by atoms with Gasteiger partial charge in [0, 0.05) is 12.2 Å². The average molecular weight is 230 g/mol. The molecule has 1 aromatic rings. The lowest BCUT2D eigenvalue weighted by molar-refractivity contribution is 0.0890. The normalized spacial score (nSPS) is 23.1. The van der Waals surface area contributed by atoms with E-state index in [1.54, 1.807) is 24.3 Å². The Morgan fingerprint density at radius 2 is 2.41 bits per heavy atom. The minimum atomic E-state index is -0.292. The first kappa shape index (κ1) is 11.6. The Morgan fingerprint density at radius 1 is 1.59 bits per heavy atom. The van der Waals surface area contributed by atoms with Crippen molar-refractivity contribution in [1.29, 1.82) is 5.26 Å². The van der Waals surface area contributed by atoms with Gasteiger partial charge in [0.15, 0.2) is 0 Å². The molecule has 1 fully saturated rings. The summed E-state index contributed by atoms with van der Waals surface area (Å²) in [5, 5.41) is 11.7. The SMILES string of the molecule is CC1(NC(=O)c2cccc(C#N)c2)CCOC1. The summed E-state index contributed by atoms with van der Waals surface area (Å²) < 4.78 is 5.27. The Labute approximate surface area is 100 Å². The first-order chi connectivity index (χ1) is 8.13. The fraction of sp³-hybridized carbons (Fsp3) is 0.385. The van der Waals surface area contributed by atoms with Crippen LogP contribution >= 0.6 is 0 Å². The van der Waals surface area contributed by atoms with Gasteiger partial charge in [0.2, 0.25) is 0 Å². The minimum absolute atomic E-state index is 0.157. The van der Waals surface area contributed by atoms with Gasteiger partial charge in [-0.3, -0.25) is 4.79 Å². The molecule has 1 amide bonds. The van der Waals surface area contributed by atoms with Gasteiger partial charge in [-0.2, -0.15) is 5.26 Å². The first-order valence-corrected chi connectivity index (χ1v) is 5.53. The van der Waals surface area contributed by atoms with Crippen molar-refractivity contribution in [3.63, 3.8) is 0 Å². The summed E-state index contributed by atoms with van der Waals surface area (Å²) in [7, 11) is 0. The molecule has 0 aliphatic carbocycles. The molecule has 0 aromatic heterocycles.